The molecule has 2 N–H and O–H groups in total. The van der Waals surface area contributed by atoms with Gasteiger partial charge >= 0.3 is 0 Å². The van der Waals surface area contributed by atoms with E-state index >= 15 is 0 Å². The molecule has 1 fully saturated rings. The highest BCUT2D eigenvalue weighted by molar-refractivity contribution is 6.05. The maximum atomic E-state index is 12.7. The minimum atomic E-state index is -0.385. The molecule has 1 aliphatic heterocycles. The molecule has 0 bridgehead atoms. The molecule has 0 aliphatic carbocycles. The van der Waals surface area contributed by atoms with Crippen LogP contribution in [0, 0.1) is 5.92 Å². The number of H-pyrrole nitrogens is 1. The molecular weight excluding hydrogens is 394 g/mol. The molecule has 2 amide bonds. The van der Waals surface area contributed by atoms with Gasteiger partial charge in [-0.2, -0.15) is 5.10 Å². The highest BCUT2D eigenvalue weighted by Crippen LogP contribution is 2.30. The summed E-state index contributed by atoms with van der Waals surface area (Å²) in [6, 6.07) is 15.6. The number of methoxy groups -OCH3 is 1. The summed E-state index contributed by atoms with van der Waals surface area (Å²) >= 11 is 0. The Morgan fingerprint density at radius 3 is 2.94 bits per heavy atom. The van der Waals surface area contributed by atoms with Crippen LogP contribution in [0.1, 0.15) is 6.42 Å². The van der Waals surface area contributed by atoms with Crippen LogP contribution in [-0.2, 0) is 16.1 Å². The van der Waals surface area contributed by atoms with Gasteiger partial charge in [-0.25, -0.2) is 0 Å². The van der Waals surface area contributed by atoms with E-state index < -0.39 is 0 Å². The van der Waals surface area contributed by atoms with Crippen LogP contribution < -0.4 is 15.0 Å². The number of hydrogen-bond acceptors (Lipinski definition) is 4. The van der Waals surface area contributed by atoms with Crippen LogP contribution in [-0.4, -0.2) is 46.8 Å². The highest BCUT2D eigenvalue weighted by atomic mass is 16.5. The summed E-state index contributed by atoms with van der Waals surface area (Å²) < 4.78 is 7.48. The first-order valence-electron chi connectivity index (χ1n) is 10.3. The molecule has 1 aliphatic rings. The van der Waals surface area contributed by atoms with Gasteiger partial charge in [0.15, 0.2) is 5.82 Å². The summed E-state index contributed by atoms with van der Waals surface area (Å²) in [6.07, 6.45) is 2.18. The number of ether oxygens (including phenoxy) is 1. The van der Waals surface area contributed by atoms with E-state index in [0.29, 0.717) is 25.5 Å². The number of carbonyl (C=O) groups excluding carboxylic acids is 2. The van der Waals surface area contributed by atoms with E-state index in [2.05, 4.69) is 20.1 Å². The second-order valence-electron chi connectivity index (χ2n) is 7.69. The first-order chi connectivity index (χ1) is 15.2. The van der Waals surface area contributed by atoms with Gasteiger partial charge in [-0.05, 0) is 30.3 Å². The van der Waals surface area contributed by atoms with Crippen LogP contribution in [0.5, 0.6) is 5.75 Å². The van der Waals surface area contributed by atoms with Gasteiger partial charge in [0, 0.05) is 43.0 Å². The second kappa shape index (κ2) is 7.79. The molecule has 0 radical (unpaired) electrons. The molecule has 1 atom stereocenters. The fourth-order valence-corrected chi connectivity index (χ4v) is 4.25. The summed E-state index contributed by atoms with van der Waals surface area (Å²) in [4.78, 5) is 26.9. The van der Waals surface area contributed by atoms with E-state index in [-0.39, 0.29) is 24.2 Å². The lowest BCUT2D eigenvalue weighted by Gasteiger charge is -2.14. The van der Waals surface area contributed by atoms with Crippen molar-refractivity contribution >= 4 is 39.4 Å². The second-order valence-corrected chi connectivity index (χ2v) is 7.69. The molecule has 158 valence electrons. The first kappa shape index (κ1) is 19.2. The molecule has 0 saturated carbocycles. The molecule has 4 aromatic rings. The van der Waals surface area contributed by atoms with Crippen molar-refractivity contribution in [3.05, 3.63) is 54.7 Å². The first-order valence-corrected chi connectivity index (χ1v) is 10.3. The summed E-state index contributed by atoms with van der Waals surface area (Å²) in [6.45, 7) is 1.45. The molecule has 8 heteroatoms. The molecule has 2 aromatic heterocycles. The zero-order chi connectivity index (χ0) is 21.4. The van der Waals surface area contributed by atoms with E-state index in [1.54, 1.807) is 12.0 Å². The number of aromatic nitrogens is 3. The fraction of sp³-hybridized carbons (Fsp3) is 0.261. The fourth-order valence-electron chi connectivity index (χ4n) is 4.25. The summed E-state index contributed by atoms with van der Waals surface area (Å²) in [5.74, 6) is 0.842. The van der Waals surface area contributed by atoms with Crippen LogP contribution in [0.2, 0.25) is 0 Å². The van der Waals surface area contributed by atoms with E-state index in [4.69, 9.17) is 4.74 Å². The normalized spacial score (nSPS) is 16.4. The molecule has 1 unspecified atom stereocenters. The number of nitrogens with zero attached hydrogens (tertiary/aromatic N) is 3. The number of carbonyl (C=O) groups is 2. The van der Waals surface area contributed by atoms with Gasteiger partial charge in [0.05, 0.1) is 24.1 Å². The minimum Gasteiger partial charge on any atom is -0.496 e. The quantitative estimate of drug-likeness (QED) is 0.505. The zero-order valence-corrected chi connectivity index (χ0v) is 17.2. The van der Waals surface area contributed by atoms with Crippen molar-refractivity contribution in [1.29, 1.82) is 0 Å². The third-order valence-electron chi connectivity index (χ3n) is 5.85. The van der Waals surface area contributed by atoms with Gasteiger partial charge in [0.2, 0.25) is 11.8 Å². The zero-order valence-electron chi connectivity index (χ0n) is 17.2. The Morgan fingerprint density at radius 1 is 1.19 bits per heavy atom. The number of fused-ring (bicyclic) bond motifs is 2. The van der Waals surface area contributed by atoms with Crippen molar-refractivity contribution in [2.24, 2.45) is 5.92 Å². The third-order valence-corrected chi connectivity index (χ3v) is 5.85. The summed E-state index contributed by atoms with van der Waals surface area (Å²) in [5.41, 5.74) is 1.93. The molecule has 3 heterocycles. The van der Waals surface area contributed by atoms with Gasteiger partial charge < -0.3 is 14.6 Å². The van der Waals surface area contributed by atoms with Crippen LogP contribution in [0.4, 0.5) is 5.82 Å². The van der Waals surface area contributed by atoms with Crippen LogP contribution in [0.15, 0.2) is 54.7 Å². The van der Waals surface area contributed by atoms with Crippen molar-refractivity contribution in [3.8, 4) is 5.75 Å². The Hall–Kier alpha value is -3.81. The van der Waals surface area contributed by atoms with E-state index in [1.165, 1.54) is 0 Å². The van der Waals surface area contributed by atoms with Crippen LogP contribution in [0.25, 0.3) is 21.8 Å². The Labute approximate surface area is 178 Å². The lowest BCUT2D eigenvalue weighted by atomic mass is 10.1. The van der Waals surface area contributed by atoms with Crippen molar-refractivity contribution in [3.63, 3.8) is 0 Å². The number of rotatable bonds is 6. The summed E-state index contributed by atoms with van der Waals surface area (Å²) in [7, 11) is 1.66. The van der Waals surface area contributed by atoms with E-state index in [9.17, 15) is 9.59 Å². The van der Waals surface area contributed by atoms with Gasteiger partial charge in [-0.1, -0.05) is 18.2 Å². The van der Waals surface area contributed by atoms with Gasteiger partial charge in [0.25, 0.3) is 0 Å². The Kier molecular flexibility index (Phi) is 4.82. The lowest BCUT2D eigenvalue weighted by Crippen LogP contribution is -2.34. The average molecular weight is 417 g/mol. The Morgan fingerprint density at radius 2 is 2.06 bits per heavy atom. The number of aromatic amines is 1. The Balaban J connectivity index is 1.22. The van der Waals surface area contributed by atoms with Gasteiger partial charge in [-0.15, -0.1) is 0 Å². The van der Waals surface area contributed by atoms with Crippen LogP contribution in [0.3, 0.4) is 0 Å². The minimum absolute atomic E-state index is 0.0825. The monoisotopic (exact) mass is 417 g/mol. The van der Waals surface area contributed by atoms with Crippen molar-refractivity contribution < 1.29 is 14.3 Å². The predicted molar refractivity (Wildman–Crippen MR) is 118 cm³/mol. The summed E-state index contributed by atoms with van der Waals surface area (Å²) in [5, 5.41) is 12.1. The van der Waals surface area contributed by atoms with Crippen molar-refractivity contribution in [2.75, 3.05) is 25.1 Å². The van der Waals surface area contributed by atoms with Gasteiger partial charge in [0.1, 0.15) is 5.75 Å². The van der Waals surface area contributed by atoms with E-state index in [0.717, 1.165) is 27.6 Å². The third kappa shape index (κ3) is 3.39. The SMILES string of the molecule is COc1cccc2c1ccn2CCNC(=O)C1CC(=O)N(c2n[nH]c3ccccc23)C1. The molecule has 31 heavy (non-hydrogen) atoms. The van der Waals surface area contributed by atoms with Crippen LogP contribution >= 0.6 is 0 Å². The molecule has 1 saturated heterocycles. The number of nitrogens with one attached hydrogen (secondary N) is 2. The molecule has 5 rings (SSSR count). The number of benzene rings is 2. The number of hydrogen-bond donors (Lipinski definition) is 2. The van der Waals surface area contributed by atoms with Gasteiger partial charge in [-0.3, -0.25) is 19.6 Å². The topological polar surface area (TPSA) is 92.2 Å². The standard InChI is InChI=1S/C23H23N5O3/c1-31-20-8-4-7-19-17(20)9-11-27(19)12-10-24-23(30)15-13-21(29)28(14-15)22-16-5-2-3-6-18(16)25-26-22/h2-9,11,15H,10,12-14H2,1H3,(H,24,30)(H,25,26). The number of amides is 2. The molecule has 8 nitrogen and oxygen atoms in total. The maximum Gasteiger partial charge on any atom is 0.229 e. The molecule has 2 aromatic carbocycles. The number of anilines is 1. The smallest absolute Gasteiger partial charge is 0.229 e. The number of para-hydroxylation sites is 1. The maximum absolute atomic E-state index is 12.7. The molecule has 0 spiro atoms. The van der Waals surface area contributed by atoms with Crippen molar-refractivity contribution in [1.82, 2.24) is 20.1 Å². The molecular formula is C23H23N5O3. The highest BCUT2D eigenvalue weighted by Gasteiger charge is 2.36. The average Bonchev–Trinajstić information content (AvgIpc) is 3.50. The largest absolute Gasteiger partial charge is 0.496 e. The predicted octanol–water partition coefficient (Wildman–Crippen LogP) is 2.70. The van der Waals surface area contributed by atoms with Crippen molar-refractivity contribution in [2.45, 2.75) is 13.0 Å². The Bertz CT molecular complexity index is 1270. The lowest BCUT2D eigenvalue weighted by molar-refractivity contribution is -0.126. The van der Waals surface area contributed by atoms with E-state index in [1.807, 2.05) is 54.7 Å².